The number of carbonyl (C=O) groups is 2. The molecule has 2 amide bonds. The van der Waals surface area contributed by atoms with Crippen LogP contribution in [0.5, 0.6) is 0 Å². The van der Waals surface area contributed by atoms with Crippen molar-refractivity contribution in [3.63, 3.8) is 0 Å². The summed E-state index contributed by atoms with van der Waals surface area (Å²) in [6.45, 7) is 2.14. The van der Waals surface area contributed by atoms with Gasteiger partial charge in [-0.1, -0.05) is 18.2 Å². The predicted octanol–water partition coefficient (Wildman–Crippen LogP) is 3.12. The molecule has 2 saturated heterocycles. The highest BCUT2D eigenvalue weighted by Gasteiger charge is 2.38. The van der Waals surface area contributed by atoms with Crippen molar-refractivity contribution in [2.24, 2.45) is 5.92 Å². The van der Waals surface area contributed by atoms with Crippen LogP contribution < -0.4 is 10.2 Å². The summed E-state index contributed by atoms with van der Waals surface area (Å²) in [6.07, 6.45) is -2.18. The van der Waals surface area contributed by atoms with Crippen LogP contribution in [-0.4, -0.2) is 56.2 Å². The summed E-state index contributed by atoms with van der Waals surface area (Å²) in [5.41, 5.74) is 1.60. The number of benzene rings is 1. The average molecular weight is 487 g/mol. The van der Waals surface area contributed by atoms with E-state index in [1.54, 1.807) is 11.0 Å². The maximum atomic E-state index is 13.2. The average Bonchev–Trinajstić information content (AvgIpc) is 3.46. The van der Waals surface area contributed by atoms with Crippen molar-refractivity contribution in [3.05, 3.63) is 47.8 Å². The van der Waals surface area contributed by atoms with Gasteiger partial charge < -0.3 is 15.1 Å². The van der Waals surface area contributed by atoms with Gasteiger partial charge in [-0.15, -0.1) is 15.3 Å². The number of rotatable bonds is 5. The lowest BCUT2D eigenvalue weighted by molar-refractivity contribution is -0.146. The molecule has 2 aliphatic heterocycles. The smallest absolute Gasteiger partial charge is 0.355 e. The zero-order valence-electron chi connectivity index (χ0n) is 18.8. The molecule has 4 heterocycles. The number of piperidine rings is 1. The monoisotopic (exact) mass is 487 g/mol. The summed E-state index contributed by atoms with van der Waals surface area (Å²) in [6, 6.07) is 10.5. The van der Waals surface area contributed by atoms with E-state index in [-0.39, 0.29) is 23.4 Å². The Bertz CT molecular complexity index is 1250. The number of aromatic nitrogens is 4. The van der Waals surface area contributed by atoms with Crippen molar-refractivity contribution in [3.8, 4) is 0 Å². The Morgan fingerprint density at radius 2 is 1.83 bits per heavy atom. The molecule has 35 heavy (non-hydrogen) atoms. The number of likely N-dealkylation sites (tertiary alicyclic amines) is 1. The van der Waals surface area contributed by atoms with Gasteiger partial charge in [0.1, 0.15) is 5.82 Å². The first-order valence-corrected chi connectivity index (χ1v) is 11.5. The first-order chi connectivity index (χ1) is 16.8. The van der Waals surface area contributed by atoms with E-state index in [0.29, 0.717) is 54.9 Å². The largest absolute Gasteiger partial charge is 0.453 e. The number of halogens is 3. The standard InChI is InChI=1S/C23H24F3N7O2/c24-23(25,26)22-29-28-18-7-8-19(30-33(18)22)31-12-9-15(10-13-31)21(35)27-17-5-2-1-4-16(17)14-32-11-3-6-20(32)34/h1-2,4-5,7-8,15H,3,6,9-14H2,(H,27,35). The highest BCUT2D eigenvalue weighted by atomic mass is 19.4. The first-order valence-electron chi connectivity index (χ1n) is 11.5. The van der Waals surface area contributed by atoms with E-state index in [0.717, 1.165) is 18.5 Å². The fourth-order valence-corrected chi connectivity index (χ4v) is 4.59. The molecular formula is C23H24F3N7O2. The molecule has 0 unspecified atom stereocenters. The fraction of sp³-hybridized carbons (Fsp3) is 0.435. The number of para-hydroxylation sites is 1. The first kappa shape index (κ1) is 23.1. The topological polar surface area (TPSA) is 95.7 Å². The maximum Gasteiger partial charge on any atom is 0.453 e. The molecule has 184 valence electrons. The molecule has 1 aromatic carbocycles. The van der Waals surface area contributed by atoms with E-state index in [4.69, 9.17) is 0 Å². The molecule has 12 heteroatoms. The number of hydrogen-bond acceptors (Lipinski definition) is 6. The van der Waals surface area contributed by atoms with Gasteiger partial charge in [0.2, 0.25) is 11.8 Å². The third kappa shape index (κ3) is 4.77. The summed E-state index contributed by atoms with van der Waals surface area (Å²) in [5, 5.41) is 13.8. The second-order valence-electron chi connectivity index (χ2n) is 8.81. The highest BCUT2D eigenvalue weighted by molar-refractivity contribution is 5.93. The van der Waals surface area contributed by atoms with Crippen LogP contribution in [0.2, 0.25) is 0 Å². The van der Waals surface area contributed by atoms with E-state index in [1.165, 1.54) is 6.07 Å². The van der Waals surface area contributed by atoms with Gasteiger partial charge in [-0.3, -0.25) is 9.59 Å². The van der Waals surface area contributed by atoms with Gasteiger partial charge >= 0.3 is 6.18 Å². The summed E-state index contributed by atoms with van der Waals surface area (Å²) >= 11 is 0. The lowest BCUT2D eigenvalue weighted by Gasteiger charge is -2.32. The second kappa shape index (κ2) is 9.16. The maximum absolute atomic E-state index is 13.2. The molecule has 5 rings (SSSR count). The van der Waals surface area contributed by atoms with Gasteiger partial charge in [-0.2, -0.15) is 17.7 Å². The van der Waals surface area contributed by atoms with Gasteiger partial charge in [0, 0.05) is 44.2 Å². The summed E-state index contributed by atoms with van der Waals surface area (Å²) in [7, 11) is 0. The van der Waals surface area contributed by atoms with Crippen LogP contribution in [0.25, 0.3) is 5.65 Å². The van der Waals surface area contributed by atoms with Gasteiger partial charge in [0.25, 0.3) is 5.82 Å². The zero-order chi connectivity index (χ0) is 24.6. The summed E-state index contributed by atoms with van der Waals surface area (Å²) < 4.78 is 40.2. The molecular weight excluding hydrogens is 463 g/mol. The van der Waals surface area contributed by atoms with Crippen molar-refractivity contribution in [2.75, 3.05) is 29.9 Å². The SMILES string of the molecule is O=C(Nc1ccccc1CN1CCCC1=O)C1CCN(c2ccc3nnc(C(F)(F)F)n3n2)CC1. The molecule has 0 spiro atoms. The van der Waals surface area contributed by atoms with Crippen molar-refractivity contribution in [2.45, 2.75) is 38.4 Å². The molecule has 0 bridgehead atoms. The molecule has 2 aromatic heterocycles. The van der Waals surface area contributed by atoms with E-state index < -0.39 is 12.0 Å². The van der Waals surface area contributed by atoms with Gasteiger partial charge in [0.15, 0.2) is 5.65 Å². The van der Waals surface area contributed by atoms with E-state index >= 15 is 0 Å². The molecule has 2 aliphatic rings. The number of amides is 2. The quantitative estimate of drug-likeness (QED) is 0.594. The van der Waals surface area contributed by atoms with Crippen LogP contribution in [0.4, 0.5) is 24.7 Å². The van der Waals surface area contributed by atoms with Crippen LogP contribution in [0, 0.1) is 5.92 Å². The van der Waals surface area contributed by atoms with Gasteiger partial charge in [-0.05, 0) is 43.0 Å². The Hall–Kier alpha value is -3.70. The number of nitrogens with zero attached hydrogens (tertiary/aromatic N) is 6. The molecule has 0 atom stereocenters. The van der Waals surface area contributed by atoms with Crippen LogP contribution in [0.1, 0.15) is 37.1 Å². The molecule has 1 N–H and O–H groups in total. The van der Waals surface area contributed by atoms with Crippen molar-refractivity contribution >= 4 is 29.0 Å². The third-order valence-electron chi connectivity index (χ3n) is 6.50. The lowest BCUT2D eigenvalue weighted by Crippen LogP contribution is -2.39. The van der Waals surface area contributed by atoms with Crippen molar-refractivity contribution in [1.82, 2.24) is 24.7 Å². The lowest BCUT2D eigenvalue weighted by atomic mass is 9.95. The highest BCUT2D eigenvalue weighted by Crippen LogP contribution is 2.29. The Labute approximate surface area is 198 Å². The molecule has 0 saturated carbocycles. The minimum Gasteiger partial charge on any atom is -0.355 e. The van der Waals surface area contributed by atoms with E-state index in [2.05, 4.69) is 20.6 Å². The molecule has 2 fully saturated rings. The Morgan fingerprint density at radius 1 is 1.06 bits per heavy atom. The number of nitrogens with one attached hydrogen (secondary N) is 1. The van der Waals surface area contributed by atoms with Gasteiger partial charge in [-0.25, -0.2) is 0 Å². The predicted molar refractivity (Wildman–Crippen MR) is 120 cm³/mol. The van der Waals surface area contributed by atoms with Crippen molar-refractivity contribution < 1.29 is 22.8 Å². The normalized spacial score (nSPS) is 17.4. The number of anilines is 2. The van der Waals surface area contributed by atoms with Crippen LogP contribution >= 0.6 is 0 Å². The van der Waals surface area contributed by atoms with Gasteiger partial charge in [0.05, 0.1) is 0 Å². The van der Waals surface area contributed by atoms with E-state index in [9.17, 15) is 22.8 Å². The Morgan fingerprint density at radius 3 is 2.54 bits per heavy atom. The summed E-state index contributed by atoms with van der Waals surface area (Å²) in [5.74, 6) is -1.01. The molecule has 9 nitrogen and oxygen atoms in total. The Balaban J connectivity index is 1.23. The third-order valence-corrected chi connectivity index (χ3v) is 6.50. The number of alkyl halides is 3. The number of fused-ring (bicyclic) bond motifs is 1. The van der Waals surface area contributed by atoms with Crippen molar-refractivity contribution in [1.29, 1.82) is 0 Å². The van der Waals surface area contributed by atoms with E-state index in [1.807, 2.05) is 29.2 Å². The number of carbonyl (C=O) groups excluding carboxylic acids is 2. The number of hydrogen-bond donors (Lipinski definition) is 1. The fourth-order valence-electron chi connectivity index (χ4n) is 4.59. The molecule has 0 radical (unpaired) electrons. The molecule has 3 aromatic rings. The second-order valence-corrected chi connectivity index (χ2v) is 8.81. The summed E-state index contributed by atoms with van der Waals surface area (Å²) in [4.78, 5) is 28.6. The van der Waals surface area contributed by atoms with Crippen LogP contribution in [-0.2, 0) is 22.3 Å². The van der Waals surface area contributed by atoms with Crippen LogP contribution in [0.3, 0.4) is 0 Å². The minimum atomic E-state index is -4.66. The minimum absolute atomic E-state index is 0.0182. The molecule has 0 aliphatic carbocycles. The van der Waals surface area contributed by atoms with Crippen LogP contribution in [0.15, 0.2) is 36.4 Å². The Kier molecular flexibility index (Phi) is 6.03. The zero-order valence-corrected chi connectivity index (χ0v) is 18.8.